The maximum absolute atomic E-state index is 12.4. The van der Waals surface area contributed by atoms with E-state index < -0.39 is 23.8 Å². The second kappa shape index (κ2) is 7.38. The molecule has 0 bridgehead atoms. The van der Waals surface area contributed by atoms with Gasteiger partial charge in [-0.2, -0.15) is 0 Å². The third kappa shape index (κ3) is 3.22. The molecule has 2 atom stereocenters. The van der Waals surface area contributed by atoms with E-state index >= 15 is 0 Å². The highest BCUT2D eigenvalue weighted by molar-refractivity contribution is 6.07. The van der Waals surface area contributed by atoms with Crippen molar-refractivity contribution in [2.75, 3.05) is 21.3 Å². The van der Waals surface area contributed by atoms with E-state index in [4.69, 9.17) is 14.2 Å². The Morgan fingerprint density at radius 2 is 1.80 bits per heavy atom. The van der Waals surface area contributed by atoms with Crippen LogP contribution in [0.15, 0.2) is 34.5 Å². The van der Waals surface area contributed by atoms with Gasteiger partial charge in [0.25, 0.3) is 0 Å². The minimum Gasteiger partial charge on any atom is -0.504 e. The van der Waals surface area contributed by atoms with E-state index in [0.29, 0.717) is 17.0 Å². The number of para-hydroxylation sites is 1. The fraction of sp³-hybridized carbons (Fsp3) is 0.389. The van der Waals surface area contributed by atoms with Crippen LogP contribution in [0.25, 0.3) is 0 Å². The molecule has 1 heterocycles. The lowest BCUT2D eigenvalue weighted by Crippen LogP contribution is -2.36. The second-order valence-electron chi connectivity index (χ2n) is 5.62. The van der Waals surface area contributed by atoms with E-state index in [2.05, 4.69) is 4.99 Å². The van der Waals surface area contributed by atoms with Crippen LogP contribution in [-0.2, 0) is 19.1 Å². The quantitative estimate of drug-likeness (QED) is 0.839. The molecule has 134 valence electrons. The molecule has 1 aliphatic heterocycles. The highest BCUT2D eigenvalue weighted by Gasteiger charge is 2.43. The van der Waals surface area contributed by atoms with Gasteiger partial charge in [0, 0.05) is 22.9 Å². The van der Waals surface area contributed by atoms with Crippen molar-refractivity contribution in [2.24, 2.45) is 10.9 Å². The number of rotatable bonds is 4. The number of carbonyl (C=O) groups excluding carboxylic acids is 2. The SMILES string of the molecule is COC(=O)C1=C(C)N=C(C)C(C(=O)OC)[C@@H]1c1cccc(OC)c1O. The Morgan fingerprint density at radius 3 is 2.36 bits per heavy atom. The molecule has 0 saturated heterocycles. The van der Waals surface area contributed by atoms with Crippen LogP contribution in [0.2, 0.25) is 0 Å². The third-order valence-electron chi connectivity index (χ3n) is 4.27. The molecule has 7 heteroatoms. The number of phenolic OH excluding ortho intramolecular Hbond substituents is 1. The summed E-state index contributed by atoms with van der Waals surface area (Å²) < 4.78 is 14.9. The van der Waals surface area contributed by atoms with Gasteiger partial charge in [0.05, 0.1) is 26.9 Å². The number of esters is 2. The Bertz CT molecular complexity index is 765. The van der Waals surface area contributed by atoms with Gasteiger partial charge in [-0.3, -0.25) is 9.79 Å². The molecule has 1 aliphatic rings. The number of phenols is 1. The molecule has 0 radical (unpaired) electrons. The average molecular weight is 347 g/mol. The summed E-state index contributed by atoms with van der Waals surface area (Å²) in [6.07, 6.45) is 0. The number of aromatic hydroxyl groups is 1. The van der Waals surface area contributed by atoms with E-state index in [0.717, 1.165) is 0 Å². The van der Waals surface area contributed by atoms with Gasteiger partial charge < -0.3 is 19.3 Å². The van der Waals surface area contributed by atoms with Crippen LogP contribution < -0.4 is 4.74 Å². The van der Waals surface area contributed by atoms with Crippen LogP contribution >= 0.6 is 0 Å². The van der Waals surface area contributed by atoms with Crippen molar-refractivity contribution in [1.29, 1.82) is 0 Å². The Kier molecular flexibility index (Phi) is 5.46. The molecule has 2 rings (SSSR count). The Labute approximate surface area is 145 Å². The van der Waals surface area contributed by atoms with Gasteiger partial charge in [-0.05, 0) is 19.9 Å². The summed E-state index contributed by atoms with van der Waals surface area (Å²) >= 11 is 0. The van der Waals surface area contributed by atoms with Gasteiger partial charge in [-0.1, -0.05) is 12.1 Å². The van der Waals surface area contributed by atoms with Crippen molar-refractivity contribution >= 4 is 17.7 Å². The zero-order valence-electron chi connectivity index (χ0n) is 14.8. The zero-order chi connectivity index (χ0) is 18.7. The summed E-state index contributed by atoms with van der Waals surface area (Å²) in [6.45, 7) is 3.34. The predicted molar refractivity (Wildman–Crippen MR) is 90.7 cm³/mol. The molecule has 0 spiro atoms. The number of ether oxygens (including phenoxy) is 3. The van der Waals surface area contributed by atoms with E-state index in [9.17, 15) is 14.7 Å². The minimum absolute atomic E-state index is 0.146. The van der Waals surface area contributed by atoms with Crippen LogP contribution in [0.1, 0.15) is 25.3 Å². The summed E-state index contributed by atoms with van der Waals surface area (Å²) in [5.74, 6) is -2.73. The molecule has 7 nitrogen and oxygen atoms in total. The van der Waals surface area contributed by atoms with Crippen molar-refractivity contribution in [3.05, 3.63) is 35.0 Å². The minimum atomic E-state index is -0.860. The van der Waals surface area contributed by atoms with Gasteiger partial charge in [0.15, 0.2) is 11.5 Å². The number of hydrogen-bond donors (Lipinski definition) is 1. The third-order valence-corrected chi connectivity index (χ3v) is 4.27. The maximum atomic E-state index is 12.4. The van der Waals surface area contributed by atoms with Crippen LogP contribution in [-0.4, -0.2) is 44.1 Å². The number of carbonyl (C=O) groups is 2. The lowest BCUT2D eigenvalue weighted by Gasteiger charge is -2.31. The largest absolute Gasteiger partial charge is 0.504 e. The molecule has 1 aromatic carbocycles. The van der Waals surface area contributed by atoms with Crippen LogP contribution in [0.3, 0.4) is 0 Å². The molecular weight excluding hydrogens is 326 g/mol. The molecule has 0 fully saturated rings. The Morgan fingerprint density at radius 1 is 1.12 bits per heavy atom. The lowest BCUT2D eigenvalue weighted by molar-refractivity contribution is -0.143. The van der Waals surface area contributed by atoms with Gasteiger partial charge >= 0.3 is 11.9 Å². The first-order valence-corrected chi connectivity index (χ1v) is 7.65. The maximum Gasteiger partial charge on any atom is 0.336 e. The van der Waals surface area contributed by atoms with Gasteiger partial charge in [0.2, 0.25) is 0 Å². The van der Waals surface area contributed by atoms with E-state index in [1.54, 1.807) is 32.0 Å². The van der Waals surface area contributed by atoms with E-state index in [1.807, 2.05) is 0 Å². The summed E-state index contributed by atoms with van der Waals surface area (Å²) in [5, 5.41) is 10.6. The van der Waals surface area contributed by atoms with Crippen LogP contribution in [0.5, 0.6) is 11.5 Å². The highest BCUT2D eigenvalue weighted by Crippen LogP contribution is 2.45. The second-order valence-corrected chi connectivity index (χ2v) is 5.62. The molecular formula is C18H21NO6. The number of hydrogen-bond acceptors (Lipinski definition) is 7. The average Bonchev–Trinajstić information content (AvgIpc) is 2.60. The number of benzene rings is 1. The van der Waals surface area contributed by atoms with Crippen molar-refractivity contribution in [1.82, 2.24) is 0 Å². The Balaban J connectivity index is 2.76. The molecule has 25 heavy (non-hydrogen) atoms. The highest BCUT2D eigenvalue weighted by atomic mass is 16.5. The molecule has 1 aromatic rings. The standard InChI is InChI=1S/C18H21NO6/c1-9-13(17(21)24-4)15(14(10(2)19-9)18(22)25-5)11-7-6-8-12(23-3)16(11)20/h6-8,13,15,20H,1-5H3/t13?,15-/m0/s1. The van der Waals surface area contributed by atoms with Crippen LogP contribution in [0.4, 0.5) is 0 Å². The molecule has 0 aliphatic carbocycles. The van der Waals surface area contributed by atoms with Gasteiger partial charge in [0.1, 0.15) is 5.92 Å². The van der Waals surface area contributed by atoms with Crippen molar-refractivity contribution in [3.63, 3.8) is 0 Å². The number of aliphatic imine (C=N–C) groups is 1. The normalized spacial score (nSPS) is 20.0. The van der Waals surface area contributed by atoms with Crippen molar-refractivity contribution < 1.29 is 28.9 Å². The summed E-state index contributed by atoms with van der Waals surface area (Å²) in [4.78, 5) is 29.1. The number of allylic oxidation sites excluding steroid dienone is 1. The van der Waals surface area contributed by atoms with Gasteiger partial charge in [-0.15, -0.1) is 0 Å². The molecule has 0 amide bonds. The summed E-state index contributed by atoms with van der Waals surface area (Å²) in [6, 6.07) is 4.89. The monoisotopic (exact) mass is 347 g/mol. The van der Waals surface area contributed by atoms with E-state index in [-0.39, 0.29) is 17.1 Å². The first-order valence-electron chi connectivity index (χ1n) is 7.65. The lowest BCUT2D eigenvalue weighted by atomic mass is 9.75. The van der Waals surface area contributed by atoms with Crippen molar-refractivity contribution in [3.8, 4) is 11.5 Å². The Hall–Kier alpha value is -2.83. The van der Waals surface area contributed by atoms with E-state index in [1.165, 1.54) is 21.3 Å². The fourth-order valence-corrected chi connectivity index (χ4v) is 3.14. The molecule has 0 aromatic heterocycles. The number of methoxy groups -OCH3 is 3. The molecule has 0 saturated carbocycles. The van der Waals surface area contributed by atoms with Crippen LogP contribution in [0, 0.1) is 5.92 Å². The smallest absolute Gasteiger partial charge is 0.336 e. The molecule has 1 N–H and O–H groups in total. The van der Waals surface area contributed by atoms with Gasteiger partial charge in [-0.25, -0.2) is 4.79 Å². The summed E-state index contributed by atoms with van der Waals surface area (Å²) in [5.41, 5.74) is 1.48. The topological polar surface area (TPSA) is 94.4 Å². The van der Waals surface area contributed by atoms with Crippen molar-refractivity contribution in [2.45, 2.75) is 19.8 Å². The first-order chi connectivity index (χ1) is 11.9. The molecule has 1 unspecified atom stereocenters. The number of nitrogens with zero attached hydrogens (tertiary/aromatic N) is 1. The fourth-order valence-electron chi connectivity index (χ4n) is 3.14. The first kappa shape index (κ1) is 18.5. The predicted octanol–water partition coefficient (Wildman–Crippen LogP) is 2.20. The summed E-state index contributed by atoms with van der Waals surface area (Å²) in [7, 11) is 3.94. The zero-order valence-corrected chi connectivity index (χ0v) is 14.8.